The highest BCUT2D eigenvalue weighted by Crippen LogP contribution is 2.13. The average Bonchev–Trinajstić information content (AvgIpc) is 2.67. The molecule has 1 aromatic rings. The van der Waals surface area contributed by atoms with Crippen LogP contribution in [0.15, 0.2) is 36.4 Å². The third kappa shape index (κ3) is 23.2. The van der Waals surface area contributed by atoms with Gasteiger partial charge in [-0.2, -0.15) is 0 Å². The molecule has 0 amide bonds. The molecule has 0 heterocycles. The van der Waals surface area contributed by atoms with Gasteiger partial charge in [-0.3, -0.25) is 0 Å². The smallest absolute Gasteiger partial charge is 0.0533 e. The van der Waals surface area contributed by atoms with E-state index in [2.05, 4.69) is 13.8 Å². The van der Waals surface area contributed by atoms with Crippen LogP contribution >= 0.6 is 0 Å². The van der Waals surface area contributed by atoms with Crippen molar-refractivity contribution >= 4 is 0 Å². The molecule has 1 aromatic carbocycles. The van der Waals surface area contributed by atoms with Gasteiger partial charge in [0.1, 0.15) is 0 Å². The Hall–Kier alpha value is -0.780. The summed E-state index contributed by atoms with van der Waals surface area (Å²) in [5, 5.41) is 0. The van der Waals surface area contributed by atoms with Gasteiger partial charge in [0.15, 0.2) is 0 Å². The second-order valence-corrected chi connectivity index (χ2v) is 7.46. The van der Waals surface area contributed by atoms with E-state index in [0.717, 1.165) is 0 Å². The molecular weight excluding hydrogens is 300 g/mol. The summed E-state index contributed by atoms with van der Waals surface area (Å²) < 4.78 is 0. The van der Waals surface area contributed by atoms with Gasteiger partial charge in [0.25, 0.3) is 0 Å². The topological polar surface area (TPSA) is 0 Å². The molecule has 0 aliphatic heterocycles. The zero-order valence-electron chi connectivity index (χ0n) is 17.5. The molecular formula is C25H46. The second kappa shape index (κ2) is 23.2. The fourth-order valence-corrected chi connectivity index (χ4v) is 3.18. The van der Waals surface area contributed by atoms with Gasteiger partial charge < -0.3 is 0 Å². The summed E-state index contributed by atoms with van der Waals surface area (Å²) in [5.41, 5.74) is 0. The van der Waals surface area contributed by atoms with Crippen molar-refractivity contribution in [3.8, 4) is 0 Å². The summed E-state index contributed by atoms with van der Waals surface area (Å²) in [6, 6.07) is 12.0. The molecule has 0 nitrogen and oxygen atoms in total. The Morgan fingerprint density at radius 1 is 0.280 bits per heavy atom. The quantitative estimate of drug-likeness (QED) is 0.261. The maximum Gasteiger partial charge on any atom is -0.0533 e. The van der Waals surface area contributed by atoms with Crippen LogP contribution in [0.4, 0.5) is 0 Å². The molecule has 0 unspecified atom stereocenters. The van der Waals surface area contributed by atoms with E-state index in [-0.39, 0.29) is 0 Å². The van der Waals surface area contributed by atoms with E-state index in [4.69, 9.17) is 0 Å². The minimum absolute atomic E-state index is 1.37. The van der Waals surface area contributed by atoms with Gasteiger partial charge in [-0.1, -0.05) is 159 Å². The third-order valence-corrected chi connectivity index (χ3v) is 4.87. The van der Waals surface area contributed by atoms with Crippen molar-refractivity contribution < 1.29 is 0 Å². The van der Waals surface area contributed by atoms with Crippen molar-refractivity contribution in [2.45, 2.75) is 123 Å². The van der Waals surface area contributed by atoms with Crippen molar-refractivity contribution in [3.63, 3.8) is 0 Å². The van der Waals surface area contributed by atoms with Crippen molar-refractivity contribution in [3.05, 3.63) is 36.4 Å². The van der Waals surface area contributed by atoms with Crippen LogP contribution in [0, 0.1) is 0 Å². The Bertz CT molecular complexity index is 260. The molecule has 0 aromatic heterocycles. The van der Waals surface area contributed by atoms with Crippen LogP contribution in [-0.2, 0) is 0 Å². The SMILES string of the molecule is CCCCCCCCCCCCCCCCCCC.c1ccccc1. The Morgan fingerprint density at radius 2 is 0.440 bits per heavy atom. The van der Waals surface area contributed by atoms with Gasteiger partial charge in [0.2, 0.25) is 0 Å². The normalized spacial score (nSPS) is 10.3. The lowest BCUT2D eigenvalue weighted by molar-refractivity contribution is 0.529. The van der Waals surface area contributed by atoms with Crippen molar-refractivity contribution in [2.75, 3.05) is 0 Å². The van der Waals surface area contributed by atoms with Crippen molar-refractivity contribution in [1.82, 2.24) is 0 Å². The van der Waals surface area contributed by atoms with E-state index < -0.39 is 0 Å². The molecule has 0 atom stereocenters. The number of benzene rings is 1. The summed E-state index contributed by atoms with van der Waals surface area (Å²) in [5.74, 6) is 0. The molecule has 146 valence electrons. The molecule has 0 aliphatic carbocycles. The fraction of sp³-hybridized carbons (Fsp3) is 0.760. The van der Waals surface area contributed by atoms with E-state index in [0.29, 0.717) is 0 Å². The summed E-state index contributed by atoms with van der Waals surface area (Å²) in [7, 11) is 0. The lowest BCUT2D eigenvalue weighted by Gasteiger charge is -2.03. The molecule has 0 saturated carbocycles. The number of hydrogen-bond donors (Lipinski definition) is 0. The number of hydrogen-bond acceptors (Lipinski definition) is 0. The predicted molar refractivity (Wildman–Crippen MR) is 116 cm³/mol. The van der Waals surface area contributed by atoms with Crippen molar-refractivity contribution in [1.29, 1.82) is 0 Å². The molecule has 25 heavy (non-hydrogen) atoms. The van der Waals surface area contributed by atoms with Crippen LogP contribution in [-0.4, -0.2) is 0 Å². The van der Waals surface area contributed by atoms with Gasteiger partial charge >= 0.3 is 0 Å². The first-order valence-electron chi connectivity index (χ1n) is 11.4. The molecule has 0 heteroatoms. The molecule has 0 aliphatic rings. The zero-order valence-corrected chi connectivity index (χ0v) is 17.5. The molecule has 0 fully saturated rings. The number of unbranched alkanes of at least 4 members (excludes halogenated alkanes) is 16. The Labute approximate surface area is 159 Å². The number of rotatable bonds is 16. The standard InChI is InChI=1S/C19H40.C6H6/c1-3-5-7-9-11-13-15-17-19-18-16-14-12-10-8-6-4-2;1-2-4-6-5-3-1/h3-19H2,1-2H3;1-6H. The van der Waals surface area contributed by atoms with Crippen LogP contribution in [0.2, 0.25) is 0 Å². The first-order valence-corrected chi connectivity index (χ1v) is 11.4. The highest BCUT2D eigenvalue weighted by atomic mass is 14.0. The Balaban J connectivity index is 0.000000796. The largest absolute Gasteiger partial charge is 0.0654 e. The summed E-state index contributed by atoms with van der Waals surface area (Å²) in [6.07, 6.45) is 24.9. The first-order chi connectivity index (χ1) is 12.4. The summed E-state index contributed by atoms with van der Waals surface area (Å²) >= 11 is 0. The lowest BCUT2D eigenvalue weighted by Crippen LogP contribution is -1.83. The highest BCUT2D eigenvalue weighted by Gasteiger charge is 1.94. The van der Waals surface area contributed by atoms with E-state index in [1.807, 2.05) is 36.4 Å². The molecule has 1 rings (SSSR count). The Kier molecular flexibility index (Phi) is 22.5. The monoisotopic (exact) mass is 346 g/mol. The molecule has 0 spiro atoms. The van der Waals surface area contributed by atoms with Gasteiger partial charge in [-0.25, -0.2) is 0 Å². The van der Waals surface area contributed by atoms with E-state index >= 15 is 0 Å². The van der Waals surface area contributed by atoms with Crippen LogP contribution in [0.1, 0.15) is 123 Å². The maximum atomic E-state index is 2.30. The van der Waals surface area contributed by atoms with E-state index in [1.165, 1.54) is 109 Å². The third-order valence-electron chi connectivity index (χ3n) is 4.87. The Morgan fingerprint density at radius 3 is 0.600 bits per heavy atom. The first kappa shape index (κ1) is 24.2. The van der Waals surface area contributed by atoms with Gasteiger partial charge in [-0.15, -0.1) is 0 Å². The molecule has 0 bridgehead atoms. The van der Waals surface area contributed by atoms with Crippen molar-refractivity contribution in [2.24, 2.45) is 0 Å². The zero-order chi connectivity index (χ0) is 18.3. The van der Waals surface area contributed by atoms with Crippen LogP contribution in [0.3, 0.4) is 0 Å². The minimum Gasteiger partial charge on any atom is -0.0654 e. The summed E-state index contributed by atoms with van der Waals surface area (Å²) in [4.78, 5) is 0. The fourth-order valence-electron chi connectivity index (χ4n) is 3.18. The highest BCUT2D eigenvalue weighted by molar-refractivity contribution is 4.99. The molecule has 0 saturated heterocycles. The lowest BCUT2D eigenvalue weighted by atomic mass is 10.0. The molecule has 0 N–H and O–H groups in total. The van der Waals surface area contributed by atoms with Crippen LogP contribution in [0.5, 0.6) is 0 Å². The van der Waals surface area contributed by atoms with Gasteiger partial charge in [0, 0.05) is 0 Å². The average molecular weight is 347 g/mol. The van der Waals surface area contributed by atoms with Crippen LogP contribution < -0.4 is 0 Å². The van der Waals surface area contributed by atoms with E-state index in [9.17, 15) is 0 Å². The van der Waals surface area contributed by atoms with Gasteiger partial charge in [0.05, 0.1) is 0 Å². The molecule has 0 radical (unpaired) electrons. The summed E-state index contributed by atoms with van der Waals surface area (Å²) in [6.45, 7) is 4.59. The van der Waals surface area contributed by atoms with Gasteiger partial charge in [-0.05, 0) is 0 Å². The predicted octanol–water partition coefficient (Wildman–Crippen LogP) is 9.34. The maximum absolute atomic E-state index is 2.30. The second-order valence-electron chi connectivity index (χ2n) is 7.46. The van der Waals surface area contributed by atoms with Crippen LogP contribution in [0.25, 0.3) is 0 Å². The van der Waals surface area contributed by atoms with E-state index in [1.54, 1.807) is 0 Å². The minimum atomic E-state index is 1.37.